The highest BCUT2D eigenvalue weighted by Gasteiger charge is 2.45. The lowest BCUT2D eigenvalue weighted by Gasteiger charge is -2.32. The quantitative estimate of drug-likeness (QED) is 0.210. The van der Waals surface area contributed by atoms with Crippen LogP contribution in [0.15, 0.2) is 35.6 Å². The van der Waals surface area contributed by atoms with Gasteiger partial charge in [-0.25, -0.2) is 0 Å². The van der Waals surface area contributed by atoms with Crippen LogP contribution in [0.1, 0.15) is 91.4 Å². The molecule has 0 bridgehead atoms. The molecule has 3 nitrogen and oxygen atoms in total. The van der Waals surface area contributed by atoms with E-state index < -0.39 is 8.80 Å². The van der Waals surface area contributed by atoms with Crippen LogP contribution in [0.3, 0.4) is 0 Å². The smallest absolute Gasteiger partial charge is 0.370 e. The Bertz CT molecular complexity index is 412. The molecular weight excluding hydrogens is 352 g/mol. The number of hydrogen-bond acceptors (Lipinski definition) is 3. The first-order valence-corrected chi connectivity index (χ1v) is 13.0. The average molecular weight is 395 g/mol. The van der Waals surface area contributed by atoms with Crippen LogP contribution in [-0.2, 0) is 13.3 Å². The van der Waals surface area contributed by atoms with Crippen LogP contribution < -0.4 is 0 Å². The molecule has 0 N–H and O–H groups in total. The second kappa shape index (κ2) is 16.3. The van der Waals surface area contributed by atoms with Crippen LogP contribution in [0, 0.1) is 0 Å². The average Bonchev–Trinajstić information content (AvgIpc) is 2.65. The lowest BCUT2D eigenvalue weighted by Crippen LogP contribution is -2.49. The van der Waals surface area contributed by atoms with E-state index in [0.717, 1.165) is 51.9 Å². The zero-order valence-electron chi connectivity index (χ0n) is 18.0. The maximum absolute atomic E-state index is 6.50. The lowest BCUT2D eigenvalue weighted by molar-refractivity contribution is 0.0634. The second-order valence-electron chi connectivity index (χ2n) is 7.27. The topological polar surface area (TPSA) is 27.7 Å². The van der Waals surface area contributed by atoms with Gasteiger partial charge in [0.25, 0.3) is 0 Å². The molecular formula is C23H42O3Si. The minimum atomic E-state index is -2.82. The summed E-state index contributed by atoms with van der Waals surface area (Å²) in [6.07, 6.45) is 23.1. The van der Waals surface area contributed by atoms with Gasteiger partial charge in [-0.2, -0.15) is 0 Å². The van der Waals surface area contributed by atoms with Crippen molar-refractivity contribution in [3.8, 4) is 0 Å². The van der Waals surface area contributed by atoms with Crippen molar-refractivity contribution < 1.29 is 13.3 Å². The van der Waals surface area contributed by atoms with Crippen LogP contribution in [0.2, 0.25) is 0 Å². The summed E-state index contributed by atoms with van der Waals surface area (Å²) >= 11 is 0. The molecule has 0 heterocycles. The van der Waals surface area contributed by atoms with E-state index in [0.29, 0.717) is 0 Å². The molecule has 1 rings (SSSR count). The predicted molar refractivity (Wildman–Crippen MR) is 118 cm³/mol. The van der Waals surface area contributed by atoms with Crippen LogP contribution >= 0.6 is 0 Å². The Labute approximate surface area is 169 Å². The monoisotopic (exact) mass is 394 g/mol. The zero-order valence-corrected chi connectivity index (χ0v) is 19.0. The number of rotatable bonds is 16. The molecule has 0 amide bonds. The van der Waals surface area contributed by atoms with Crippen molar-refractivity contribution in [1.29, 1.82) is 0 Å². The third-order valence-electron chi connectivity index (χ3n) is 4.75. The maximum atomic E-state index is 6.50. The first-order valence-electron chi connectivity index (χ1n) is 11.2. The molecule has 0 aromatic carbocycles. The third-order valence-corrected chi connectivity index (χ3v) is 7.70. The van der Waals surface area contributed by atoms with E-state index in [2.05, 4.69) is 51.2 Å². The van der Waals surface area contributed by atoms with Gasteiger partial charge in [0.15, 0.2) is 0 Å². The van der Waals surface area contributed by atoms with E-state index in [9.17, 15) is 0 Å². The van der Waals surface area contributed by atoms with Crippen LogP contribution in [0.5, 0.6) is 0 Å². The molecule has 0 saturated heterocycles. The van der Waals surface area contributed by atoms with Crippen molar-refractivity contribution in [1.82, 2.24) is 0 Å². The van der Waals surface area contributed by atoms with Gasteiger partial charge < -0.3 is 13.3 Å². The first-order chi connectivity index (χ1) is 13.3. The number of unbranched alkanes of at least 4 members (excludes halogenated alkanes) is 6. The lowest BCUT2D eigenvalue weighted by atomic mass is 10.2. The minimum Gasteiger partial charge on any atom is -0.370 e. The van der Waals surface area contributed by atoms with Crippen LogP contribution in [0.4, 0.5) is 0 Å². The maximum Gasteiger partial charge on any atom is 0.533 e. The SMILES string of the molecule is CCCCCO[Si](OCCCCC)(OCCCCC)/C1=C/C=C\C=C/CC1. The molecule has 0 aromatic rings. The number of hydrogen-bond donors (Lipinski definition) is 0. The molecule has 1 aliphatic carbocycles. The summed E-state index contributed by atoms with van der Waals surface area (Å²) < 4.78 is 19.5. The Morgan fingerprint density at radius 2 is 1.22 bits per heavy atom. The van der Waals surface area contributed by atoms with Gasteiger partial charge in [0.05, 0.1) is 0 Å². The zero-order chi connectivity index (χ0) is 19.6. The van der Waals surface area contributed by atoms with Gasteiger partial charge in [0.2, 0.25) is 0 Å². The molecule has 0 fully saturated rings. The van der Waals surface area contributed by atoms with Gasteiger partial charge >= 0.3 is 8.80 Å². The van der Waals surface area contributed by atoms with E-state index in [-0.39, 0.29) is 0 Å². The van der Waals surface area contributed by atoms with Crippen LogP contribution in [-0.4, -0.2) is 28.6 Å². The summed E-state index contributed by atoms with van der Waals surface area (Å²) in [7, 11) is -2.82. The van der Waals surface area contributed by atoms with Crippen molar-refractivity contribution in [2.24, 2.45) is 0 Å². The standard InChI is InChI=1S/C23H42O3Si/c1-4-7-15-20-24-27(25-21-16-8-5-2,26-22-17-9-6-3)23-18-13-11-10-12-14-19-23/h10-13,18H,4-9,14-17,19-22H2,1-3H3/b12-10-,13-11-,23-18+. The van der Waals surface area contributed by atoms with Gasteiger partial charge in [-0.1, -0.05) is 89.7 Å². The van der Waals surface area contributed by atoms with E-state index in [4.69, 9.17) is 13.3 Å². The van der Waals surface area contributed by atoms with E-state index in [1.165, 1.54) is 43.7 Å². The van der Waals surface area contributed by atoms with Gasteiger partial charge in [-0.3, -0.25) is 0 Å². The third kappa shape index (κ3) is 10.4. The molecule has 0 spiro atoms. The Balaban J connectivity index is 2.91. The van der Waals surface area contributed by atoms with E-state index in [1.54, 1.807) is 0 Å². The van der Waals surface area contributed by atoms with Crippen molar-refractivity contribution in [2.75, 3.05) is 19.8 Å². The van der Waals surface area contributed by atoms with E-state index in [1.807, 2.05) is 0 Å². The Morgan fingerprint density at radius 3 is 1.70 bits per heavy atom. The summed E-state index contributed by atoms with van der Waals surface area (Å²) in [4.78, 5) is 0. The Kier molecular flexibility index (Phi) is 14.7. The highest BCUT2D eigenvalue weighted by atomic mass is 28.4. The Hall–Kier alpha value is -0.683. The number of allylic oxidation sites excluding steroid dienone is 6. The molecule has 156 valence electrons. The van der Waals surface area contributed by atoms with Gasteiger partial charge in [-0.15, -0.1) is 0 Å². The summed E-state index contributed by atoms with van der Waals surface area (Å²) in [6.45, 7) is 8.88. The van der Waals surface area contributed by atoms with Crippen molar-refractivity contribution in [3.63, 3.8) is 0 Å². The highest BCUT2D eigenvalue weighted by molar-refractivity contribution is 6.68. The normalized spacial score (nSPS) is 19.1. The molecule has 0 saturated carbocycles. The summed E-state index contributed by atoms with van der Waals surface area (Å²) in [5.41, 5.74) is 0. The van der Waals surface area contributed by atoms with Crippen molar-refractivity contribution in [2.45, 2.75) is 91.4 Å². The summed E-state index contributed by atoms with van der Waals surface area (Å²) in [6, 6.07) is 0. The molecule has 0 aromatic heterocycles. The van der Waals surface area contributed by atoms with Crippen LogP contribution in [0.25, 0.3) is 0 Å². The largest absolute Gasteiger partial charge is 0.533 e. The predicted octanol–water partition coefficient (Wildman–Crippen LogP) is 6.92. The van der Waals surface area contributed by atoms with Crippen molar-refractivity contribution >= 4 is 8.80 Å². The van der Waals surface area contributed by atoms with E-state index >= 15 is 0 Å². The Morgan fingerprint density at radius 1 is 0.704 bits per heavy atom. The molecule has 0 unspecified atom stereocenters. The minimum absolute atomic E-state index is 0.735. The van der Waals surface area contributed by atoms with Gasteiger partial charge in [-0.05, 0) is 32.1 Å². The van der Waals surface area contributed by atoms with Gasteiger partial charge in [0.1, 0.15) is 0 Å². The fourth-order valence-electron chi connectivity index (χ4n) is 3.07. The molecule has 27 heavy (non-hydrogen) atoms. The molecule has 0 aliphatic heterocycles. The van der Waals surface area contributed by atoms with Crippen molar-refractivity contribution in [3.05, 3.63) is 35.6 Å². The second-order valence-corrected chi connectivity index (χ2v) is 9.89. The summed E-state index contributed by atoms with van der Waals surface area (Å²) in [5.74, 6) is 0. The molecule has 1 aliphatic rings. The molecule has 0 atom stereocenters. The van der Waals surface area contributed by atoms with Gasteiger partial charge in [0, 0.05) is 25.0 Å². The highest BCUT2D eigenvalue weighted by Crippen LogP contribution is 2.27. The fourth-order valence-corrected chi connectivity index (χ4v) is 5.86. The molecule has 0 radical (unpaired) electrons. The summed E-state index contributed by atoms with van der Waals surface area (Å²) in [5, 5.41) is 1.24. The fraction of sp³-hybridized carbons (Fsp3) is 0.739. The first kappa shape index (κ1) is 24.4. The molecule has 4 heteroatoms.